The highest BCUT2D eigenvalue weighted by Crippen LogP contribution is 2.20. The van der Waals surface area contributed by atoms with Gasteiger partial charge in [0.25, 0.3) is 5.91 Å². The molecule has 0 aromatic heterocycles. The lowest BCUT2D eigenvalue weighted by atomic mass is 10.1. The van der Waals surface area contributed by atoms with E-state index in [2.05, 4.69) is 26.5 Å². The van der Waals surface area contributed by atoms with Crippen LogP contribution in [0.2, 0.25) is 0 Å². The van der Waals surface area contributed by atoms with Crippen molar-refractivity contribution in [1.29, 1.82) is 0 Å². The topological polar surface area (TPSA) is 116 Å². The Morgan fingerprint density at radius 3 is 2.21 bits per heavy atom. The fourth-order valence-corrected chi connectivity index (χ4v) is 4.50. The van der Waals surface area contributed by atoms with Gasteiger partial charge in [0.15, 0.2) is 0 Å². The molecule has 0 spiro atoms. The van der Waals surface area contributed by atoms with Gasteiger partial charge in [0.1, 0.15) is 0 Å². The fraction of sp³-hybridized carbons (Fsp3) is 0.0870. The van der Waals surface area contributed by atoms with Gasteiger partial charge in [-0.3, -0.25) is 4.79 Å². The molecule has 170 valence electrons. The normalized spacial score (nSPS) is 11.6. The Morgan fingerprint density at radius 2 is 1.61 bits per heavy atom. The Morgan fingerprint density at radius 1 is 0.970 bits per heavy atom. The molecule has 0 saturated carbocycles. The molecule has 33 heavy (non-hydrogen) atoms. The number of halogens is 1. The minimum atomic E-state index is -3.96. The molecule has 3 aromatic rings. The molecule has 10 heteroatoms. The van der Waals surface area contributed by atoms with E-state index >= 15 is 0 Å². The van der Waals surface area contributed by atoms with Crippen LogP contribution in [-0.4, -0.2) is 42.5 Å². The summed E-state index contributed by atoms with van der Waals surface area (Å²) in [6, 6.07) is 21.0. The summed E-state index contributed by atoms with van der Waals surface area (Å²) in [6.07, 6.45) is 1.34. The average molecular weight is 530 g/mol. The Kier molecular flexibility index (Phi) is 8.10. The monoisotopic (exact) mass is 529 g/mol. The quantitative estimate of drug-likeness (QED) is 0.325. The van der Waals surface area contributed by atoms with Crippen molar-refractivity contribution in [3.8, 4) is 0 Å². The van der Waals surface area contributed by atoms with Crippen molar-refractivity contribution < 1.29 is 23.1 Å². The first-order valence-corrected chi connectivity index (χ1v) is 11.9. The lowest BCUT2D eigenvalue weighted by molar-refractivity contribution is -0.121. The average Bonchev–Trinajstić information content (AvgIpc) is 2.80. The molecular formula is C23H20BrN3O5S. The maximum atomic E-state index is 13.2. The molecule has 3 aromatic carbocycles. The number of hydrogen-bond acceptors (Lipinski definition) is 5. The molecular weight excluding hydrogens is 510 g/mol. The number of hydrazone groups is 1. The highest BCUT2D eigenvalue weighted by Gasteiger charge is 2.27. The molecule has 8 nitrogen and oxygen atoms in total. The fourth-order valence-electron chi connectivity index (χ4n) is 2.85. The molecule has 0 bridgehead atoms. The molecule has 0 radical (unpaired) electrons. The SMILES string of the molecule is O=C(CN(Cc1ccccc1)S(=O)(=O)c1ccc(Br)cc1)N/N=C\c1ccc(C(=O)O)cc1. The van der Waals surface area contributed by atoms with Crippen LogP contribution in [0.1, 0.15) is 21.5 Å². The predicted molar refractivity (Wildman–Crippen MR) is 127 cm³/mol. The Balaban J connectivity index is 1.74. The highest BCUT2D eigenvalue weighted by molar-refractivity contribution is 9.10. The molecule has 3 rings (SSSR count). The standard InChI is InChI=1S/C23H20BrN3O5S/c24-20-10-12-21(13-11-20)33(31,32)27(15-18-4-2-1-3-5-18)16-22(28)26-25-14-17-6-8-19(9-7-17)23(29)30/h1-14H,15-16H2,(H,26,28)(H,29,30)/b25-14-. The predicted octanol–water partition coefficient (Wildman–Crippen LogP) is 3.49. The van der Waals surface area contributed by atoms with Crippen LogP contribution in [0.25, 0.3) is 0 Å². The number of hydrogen-bond donors (Lipinski definition) is 2. The Labute approximate surface area is 199 Å². The molecule has 1 amide bonds. The number of rotatable bonds is 9. The zero-order chi connectivity index (χ0) is 23.8. The lowest BCUT2D eigenvalue weighted by Crippen LogP contribution is -2.39. The van der Waals surface area contributed by atoms with Gasteiger partial charge in [0.05, 0.1) is 23.2 Å². The first-order chi connectivity index (χ1) is 15.8. The van der Waals surface area contributed by atoms with Crippen LogP contribution in [0, 0.1) is 0 Å². The third kappa shape index (κ3) is 6.82. The molecule has 0 aliphatic heterocycles. The molecule has 0 aliphatic rings. The van der Waals surface area contributed by atoms with Crippen molar-refractivity contribution >= 4 is 44.0 Å². The van der Waals surface area contributed by atoms with Gasteiger partial charge < -0.3 is 5.11 Å². The number of nitrogens with zero attached hydrogens (tertiary/aromatic N) is 2. The number of carbonyl (C=O) groups is 2. The lowest BCUT2D eigenvalue weighted by Gasteiger charge is -2.21. The number of aromatic carboxylic acids is 1. The zero-order valence-electron chi connectivity index (χ0n) is 17.3. The summed E-state index contributed by atoms with van der Waals surface area (Å²) in [6.45, 7) is -0.435. The summed E-state index contributed by atoms with van der Waals surface area (Å²) < 4.78 is 28.2. The Bertz CT molecular complexity index is 1250. The first-order valence-electron chi connectivity index (χ1n) is 9.70. The van der Waals surface area contributed by atoms with Gasteiger partial charge in [-0.2, -0.15) is 9.41 Å². The van der Waals surface area contributed by atoms with E-state index in [4.69, 9.17) is 5.11 Å². The largest absolute Gasteiger partial charge is 0.478 e. The van der Waals surface area contributed by atoms with Gasteiger partial charge in [-0.25, -0.2) is 18.6 Å². The van der Waals surface area contributed by atoms with Crippen LogP contribution in [-0.2, 0) is 21.4 Å². The zero-order valence-corrected chi connectivity index (χ0v) is 19.7. The number of carboxylic acids is 1. The number of carbonyl (C=O) groups excluding carboxylic acids is 1. The van der Waals surface area contributed by atoms with Crippen LogP contribution in [0.15, 0.2) is 93.3 Å². The second-order valence-electron chi connectivity index (χ2n) is 6.93. The van der Waals surface area contributed by atoms with E-state index in [1.807, 2.05) is 6.07 Å². The van der Waals surface area contributed by atoms with E-state index < -0.39 is 28.4 Å². The number of amides is 1. The summed E-state index contributed by atoms with van der Waals surface area (Å²) in [4.78, 5) is 23.5. The summed E-state index contributed by atoms with van der Waals surface area (Å²) in [7, 11) is -3.96. The van der Waals surface area contributed by atoms with E-state index in [-0.39, 0.29) is 17.0 Å². The third-order valence-corrected chi connectivity index (χ3v) is 6.87. The van der Waals surface area contributed by atoms with Crippen molar-refractivity contribution in [3.63, 3.8) is 0 Å². The van der Waals surface area contributed by atoms with E-state index in [0.29, 0.717) is 5.56 Å². The summed E-state index contributed by atoms with van der Waals surface area (Å²) in [5, 5.41) is 12.8. The van der Waals surface area contributed by atoms with Crippen molar-refractivity contribution in [2.75, 3.05) is 6.54 Å². The number of benzene rings is 3. The summed E-state index contributed by atoms with van der Waals surface area (Å²) in [5.74, 6) is -1.66. The highest BCUT2D eigenvalue weighted by atomic mass is 79.9. The van der Waals surface area contributed by atoms with Gasteiger partial charge in [0, 0.05) is 11.0 Å². The van der Waals surface area contributed by atoms with Crippen LogP contribution in [0.3, 0.4) is 0 Å². The van der Waals surface area contributed by atoms with E-state index in [9.17, 15) is 18.0 Å². The second kappa shape index (κ2) is 11.0. The van der Waals surface area contributed by atoms with Gasteiger partial charge in [0.2, 0.25) is 10.0 Å². The molecule has 0 heterocycles. The van der Waals surface area contributed by atoms with Gasteiger partial charge in [-0.05, 0) is 47.5 Å². The number of sulfonamides is 1. The molecule has 0 atom stereocenters. The maximum Gasteiger partial charge on any atom is 0.335 e. The van der Waals surface area contributed by atoms with Crippen molar-refractivity contribution in [1.82, 2.24) is 9.73 Å². The minimum absolute atomic E-state index is 0.00697. The molecule has 0 saturated heterocycles. The summed E-state index contributed by atoms with van der Waals surface area (Å²) in [5.41, 5.74) is 3.75. The molecule has 0 aliphatic carbocycles. The number of nitrogens with one attached hydrogen (secondary N) is 1. The van der Waals surface area contributed by atoms with Crippen LogP contribution in [0.4, 0.5) is 0 Å². The van der Waals surface area contributed by atoms with Crippen molar-refractivity contribution in [3.05, 3.63) is 100 Å². The van der Waals surface area contributed by atoms with Crippen LogP contribution < -0.4 is 5.43 Å². The van der Waals surface area contributed by atoms with E-state index in [1.54, 1.807) is 48.5 Å². The van der Waals surface area contributed by atoms with Crippen molar-refractivity contribution in [2.45, 2.75) is 11.4 Å². The van der Waals surface area contributed by atoms with E-state index in [0.717, 1.165) is 14.3 Å². The number of carboxylic acid groups (broad SMARTS) is 1. The first kappa shape index (κ1) is 24.3. The minimum Gasteiger partial charge on any atom is -0.478 e. The smallest absolute Gasteiger partial charge is 0.335 e. The molecule has 0 unspecified atom stereocenters. The van der Waals surface area contributed by atoms with Crippen LogP contribution >= 0.6 is 15.9 Å². The maximum absolute atomic E-state index is 13.2. The van der Waals surface area contributed by atoms with Crippen LogP contribution in [0.5, 0.6) is 0 Å². The third-order valence-electron chi connectivity index (χ3n) is 4.53. The van der Waals surface area contributed by atoms with E-state index in [1.165, 1.54) is 30.5 Å². The molecule has 2 N–H and O–H groups in total. The van der Waals surface area contributed by atoms with Crippen molar-refractivity contribution in [2.24, 2.45) is 5.10 Å². The Hall–Kier alpha value is -3.34. The van der Waals surface area contributed by atoms with Gasteiger partial charge in [-0.15, -0.1) is 0 Å². The summed E-state index contributed by atoms with van der Waals surface area (Å²) >= 11 is 3.28. The van der Waals surface area contributed by atoms with Gasteiger partial charge >= 0.3 is 5.97 Å². The van der Waals surface area contributed by atoms with Gasteiger partial charge in [-0.1, -0.05) is 58.4 Å². The molecule has 0 fully saturated rings. The second-order valence-corrected chi connectivity index (χ2v) is 9.79.